The van der Waals surface area contributed by atoms with Gasteiger partial charge in [0.25, 0.3) is 0 Å². The van der Waals surface area contributed by atoms with Crippen molar-refractivity contribution in [2.45, 2.75) is 57.4 Å². The average molecular weight is 467 g/mol. The predicted molar refractivity (Wildman–Crippen MR) is 139 cm³/mol. The van der Waals surface area contributed by atoms with Gasteiger partial charge in [0.05, 0.1) is 23.1 Å². The van der Waals surface area contributed by atoms with Crippen LogP contribution in [-0.4, -0.2) is 15.1 Å². The second-order valence-electron chi connectivity index (χ2n) is 8.93. The third-order valence-corrected chi connectivity index (χ3v) is 8.06. The molecule has 1 saturated carbocycles. The molecule has 2 aromatic carbocycles. The summed E-state index contributed by atoms with van der Waals surface area (Å²) >= 11 is 7.35. The molecule has 0 aliphatic heterocycles. The number of rotatable bonds is 6. The Hall–Kier alpha value is -2.25. The molecule has 2 aliphatic rings. The van der Waals surface area contributed by atoms with E-state index in [9.17, 15) is 0 Å². The van der Waals surface area contributed by atoms with Gasteiger partial charge in [0, 0.05) is 5.75 Å². The largest absolute Gasteiger partial charge is 0.441 e. The summed E-state index contributed by atoms with van der Waals surface area (Å²) in [6, 6.07) is 10.5. The predicted octanol–water partition coefficient (Wildman–Crippen LogP) is 6.91. The molecule has 0 radical (unpaired) electrons. The van der Waals surface area contributed by atoms with Crippen molar-refractivity contribution < 1.29 is 4.42 Å². The standard InChI is InChI=1S/C25H30N4OS2/c26-19-14-18-17(9-10-20(18)28-22-8-4-7-21-24(22)30-15-27-21)13-23(19)29-25(31)32-12-11-16-5-2-1-3-6-16/h4,7-8,13-16,20,28H,1-3,5-6,9-12,26H2,(H,29,31). The lowest BCUT2D eigenvalue weighted by molar-refractivity contribution is 0.352. The van der Waals surface area contributed by atoms with E-state index in [0.717, 1.165) is 57.0 Å². The molecule has 0 spiro atoms. The van der Waals surface area contributed by atoms with Crippen LogP contribution >= 0.6 is 24.0 Å². The fourth-order valence-corrected chi connectivity index (χ4v) is 6.24. The molecule has 4 N–H and O–H groups in total. The minimum absolute atomic E-state index is 0.203. The molecule has 3 aromatic rings. The highest BCUT2D eigenvalue weighted by Crippen LogP contribution is 2.39. The summed E-state index contributed by atoms with van der Waals surface area (Å²) in [5.74, 6) is 1.97. The van der Waals surface area contributed by atoms with Gasteiger partial charge in [0.2, 0.25) is 0 Å². The van der Waals surface area contributed by atoms with Crippen molar-refractivity contribution in [1.82, 2.24) is 4.98 Å². The molecule has 0 amide bonds. The van der Waals surface area contributed by atoms with E-state index in [0.29, 0.717) is 0 Å². The van der Waals surface area contributed by atoms with Crippen LogP contribution in [0, 0.1) is 5.92 Å². The fraction of sp³-hybridized carbons (Fsp3) is 0.440. The van der Waals surface area contributed by atoms with Gasteiger partial charge in [-0.25, -0.2) is 4.98 Å². The Morgan fingerprint density at radius 3 is 2.91 bits per heavy atom. The third-order valence-electron chi connectivity index (χ3n) is 6.80. The monoisotopic (exact) mass is 466 g/mol. The van der Waals surface area contributed by atoms with Gasteiger partial charge in [-0.1, -0.05) is 62.2 Å². The van der Waals surface area contributed by atoms with E-state index in [1.54, 1.807) is 11.8 Å². The quantitative estimate of drug-likeness (QED) is 0.269. The minimum atomic E-state index is 0.203. The first kappa shape index (κ1) is 21.6. The van der Waals surface area contributed by atoms with Crippen LogP contribution in [0.4, 0.5) is 17.1 Å². The highest BCUT2D eigenvalue weighted by molar-refractivity contribution is 8.23. The Kier molecular flexibility index (Phi) is 6.55. The molecule has 0 saturated heterocycles. The van der Waals surface area contributed by atoms with Crippen LogP contribution in [0.3, 0.4) is 0 Å². The molecule has 0 bridgehead atoms. The second-order valence-corrected chi connectivity index (χ2v) is 10.7. The van der Waals surface area contributed by atoms with Crippen LogP contribution in [0.2, 0.25) is 0 Å². The van der Waals surface area contributed by atoms with Crippen molar-refractivity contribution in [1.29, 1.82) is 0 Å². The number of nitrogens with one attached hydrogen (secondary N) is 2. The lowest BCUT2D eigenvalue weighted by Crippen LogP contribution is -2.12. The maximum atomic E-state index is 6.43. The number of nitrogens with two attached hydrogens (primary N) is 1. The topological polar surface area (TPSA) is 76.1 Å². The average Bonchev–Trinajstić information content (AvgIpc) is 3.43. The van der Waals surface area contributed by atoms with Gasteiger partial charge >= 0.3 is 0 Å². The number of aryl methyl sites for hydroxylation is 1. The maximum Gasteiger partial charge on any atom is 0.182 e. The first-order valence-electron chi connectivity index (χ1n) is 11.6. The normalized spacial score (nSPS) is 18.6. The van der Waals surface area contributed by atoms with E-state index in [2.05, 4.69) is 27.8 Å². The zero-order valence-electron chi connectivity index (χ0n) is 18.2. The Morgan fingerprint density at radius 1 is 1.16 bits per heavy atom. The highest BCUT2D eigenvalue weighted by atomic mass is 32.2. The molecule has 1 heterocycles. The first-order valence-corrected chi connectivity index (χ1v) is 13.0. The van der Waals surface area contributed by atoms with Gasteiger partial charge < -0.3 is 20.8 Å². The molecule has 7 heteroatoms. The summed E-state index contributed by atoms with van der Waals surface area (Å²) in [4.78, 5) is 4.25. The summed E-state index contributed by atoms with van der Waals surface area (Å²) in [6.07, 6.45) is 11.8. The number of nitrogen functional groups attached to an aromatic ring is 1. The van der Waals surface area contributed by atoms with E-state index >= 15 is 0 Å². The van der Waals surface area contributed by atoms with Crippen LogP contribution in [-0.2, 0) is 6.42 Å². The number of para-hydroxylation sites is 1. The second kappa shape index (κ2) is 9.71. The molecule has 1 aromatic heterocycles. The lowest BCUT2D eigenvalue weighted by Gasteiger charge is -2.21. The minimum Gasteiger partial charge on any atom is -0.441 e. The van der Waals surface area contributed by atoms with E-state index in [-0.39, 0.29) is 6.04 Å². The van der Waals surface area contributed by atoms with E-state index < -0.39 is 0 Å². The SMILES string of the molecule is Nc1cc2c(cc1NC(=S)SCCC1CCCCC1)CCC2Nc1cccc2ncoc12. The number of thioether (sulfide) groups is 1. The van der Waals surface area contributed by atoms with Crippen molar-refractivity contribution in [3.05, 3.63) is 47.9 Å². The van der Waals surface area contributed by atoms with Crippen LogP contribution < -0.4 is 16.4 Å². The summed E-state index contributed by atoms with van der Waals surface area (Å²) in [6.45, 7) is 0. The van der Waals surface area contributed by atoms with Gasteiger partial charge in [0.1, 0.15) is 9.84 Å². The Labute approximate surface area is 198 Å². The Bertz CT molecular complexity index is 1110. The van der Waals surface area contributed by atoms with Crippen molar-refractivity contribution >= 4 is 56.5 Å². The molecule has 1 unspecified atom stereocenters. The maximum absolute atomic E-state index is 6.43. The summed E-state index contributed by atoms with van der Waals surface area (Å²) in [5, 5.41) is 7.02. The fourth-order valence-electron chi connectivity index (χ4n) is 5.06. The van der Waals surface area contributed by atoms with Gasteiger partial charge in [-0.15, -0.1) is 0 Å². The molecule has 2 aliphatic carbocycles. The zero-order valence-corrected chi connectivity index (χ0v) is 19.9. The number of thiocarbonyl (C=S) groups is 1. The van der Waals surface area contributed by atoms with Crippen molar-refractivity contribution in [3.63, 3.8) is 0 Å². The molecule has 1 fully saturated rings. The van der Waals surface area contributed by atoms with Gasteiger partial charge in [-0.2, -0.15) is 0 Å². The van der Waals surface area contributed by atoms with Crippen molar-refractivity contribution in [3.8, 4) is 0 Å². The summed E-state index contributed by atoms with van der Waals surface area (Å²) in [7, 11) is 0. The number of hydrogen-bond acceptors (Lipinski definition) is 6. The number of anilines is 3. The number of hydrogen-bond donors (Lipinski definition) is 3. The molecule has 5 rings (SSSR count). The Balaban J connectivity index is 1.21. The van der Waals surface area contributed by atoms with E-state index in [1.165, 1.54) is 56.0 Å². The number of oxazole rings is 1. The van der Waals surface area contributed by atoms with E-state index in [1.807, 2.05) is 18.2 Å². The van der Waals surface area contributed by atoms with E-state index in [4.69, 9.17) is 22.4 Å². The van der Waals surface area contributed by atoms with Crippen LogP contribution in [0.5, 0.6) is 0 Å². The van der Waals surface area contributed by atoms with Crippen LogP contribution in [0.1, 0.15) is 62.1 Å². The third kappa shape index (κ3) is 4.74. The number of nitrogens with zero attached hydrogens (tertiary/aromatic N) is 1. The van der Waals surface area contributed by atoms with Crippen LogP contribution in [0.25, 0.3) is 11.1 Å². The molecule has 32 heavy (non-hydrogen) atoms. The molecule has 168 valence electrons. The zero-order chi connectivity index (χ0) is 21.9. The number of benzene rings is 2. The smallest absolute Gasteiger partial charge is 0.182 e. The van der Waals surface area contributed by atoms with Crippen molar-refractivity contribution in [2.24, 2.45) is 5.92 Å². The molecule has 5 nitrogen and oxygen atoms in total. The summed E-state index contributed by atoms with van der Waals surface area (Å²) in [5.41, 5.74) is 13.3. The van der Waals surface area contributed by atoms with Gasteiger partial charge in [-0.3, -0.25) is 0 Å². The molecular formula is C25H30N4OS2. The van der Waals surface area contributed by atoms with Crippen LogP contribution in [0.15, 0.2) is 41.1 Å². The highest BCUT2D eigenvalue weighted by Gasteiger charge is 2.25. The molecular weight excluding hydrogens is 436 g/mol. The van der Waals surface area contributed by atoms with Crippen molar-refractivity contribution in [2.75, 3.05) is 22.1 Å². The first-order chi connectivity index (χ1) is 15.7. The Morgan fingerprint density at radius 2 is 2.03 bits per heavy atom. The van der Waals surface area contributed by atoms with Gasteiger partial charge in [-0.05, 0) is 60.6 Å². The summed E-state index contributed by atoms with van der Waals surface area (Å²) < 4.78 is 6.40. The number of aromatic nitrogens is 1. The number of fused-ring (bicyclic) bond motifs is 2. The molecule has 1 atom stereocenters. The lowest BCUT2D eigenvalue weighted by atomic mass is 9.88. The van der Waals surface area contributed by atoms with Gasteiger partial charge in [0.15, 0.2) is 12.0 Å².